The first-order chi connectivity index (χ1) is 10.8. The van der Waals surface area contributed by atoms with Crippen LogP contribution < -0.4 is 4.57 Å². The Morgan fingerprint density at radius 1 is 1.18 bits per heavy atom. The second-order valence-corrected chi connectivity index (χ2v) is 5.20. The molecule has 2 aromatic carbocycles. The van der Waals surface area contributed by atoms with Gasteiger partial charge in [-0.2, -0.15) is 4.91 Å². The van der Waals surface area contributed by atoms with Gasteiger partial charge in [0.15, 0.2) is 13.3 Å². The first-order valence-electron chi connectivity index (χ1n) is 7.17. The number of aryl methyl sites for hydroxylation is 1. The fourth-order valence-electron chi connectivity index (χ4n) is 2.61. The third-order valence-electron chi connectivity index (χ3n) is 3.78. The lowest BCUT2D eigenvalue weighted by Crippen LogP contribution is -2.32. The van der Waals surface area contributed by atoms with E-state index in [9.17, 15) is 4.91 Å². The fourth-order valence-corrected chi connectivity index (χ4v) is 2.61. The molecule has 112 valence electrons. The molecule has 0 fully saturated rings. The number of hydrogen-bond donors (Lipinski definition) is 0. The molecule has 0 atom stereocenters. The van der Waals surface area contributed by atoms with Crippen molar-refractivity contribution in [1.82, 2.24) is 4.57 Å². The quantitative estimate of drug-likeness (QED) is 0.518. The Morgan fingerprint density at radius 3 is 2.86 bits per heavy atom. The van der Waals surface area contributed by atoms with Crippen LogP contribution >= 0.6 is 0 Å². The van der Waals surface area contributed by atoms with Gasteiger partial charge >= 0.3 is 0 Å². The normalized spacial score (nSPS) is 11.0. The smallest absolute Gasteiger partial charge is 0.283 e. The monoisotopic (exact) mass is 296 g/mol. The molecule has 22 heavy (non-hydrogen) atoms. The second-order valence-electron chi connectivity index (χ2n) is 5.20. The zero-order valence-corrected chi connectivity index (χ0v) is 12.5. The lowest BCUT2D eigenvalue weighted by atomic mass is 10.1. The third-order valence-corrected chi connectivity index (χ3v) is 3.78. The maximum absolute atomic E-state index is 10.5. The van der Waals surface area contributed by atoms with Gasteiger partial charge in [-0.05, 0) is 16.3 Å². The average molecular weight is 296 g/mol. The van der Waals surface area contributed by atoms with Crippen LogP contribution in [-0.4, -0.2) is 4.57 Å². The van der Waals surface area contributed by atoms with Gasteiger partial charge in [-0.3, -0.25) is 0 Å². The molecule has 3 aromatic rings. The number of ether oxygens (including phenoxy) is 1. The Morgan fingerprint density at radius 2 is 2.00 bits per heavy atom. The average Bonchev–Trinajstić information content (AvgIpc) is 2.89. The van der Waals surface area contributed by atoms with Crippen molar-refractivity contribution in [3.63, 3.8) is 0 Å². The molecule has 3 rings (SSSR count). The van der Waals surface area contributed by atoms with Crippen LogP contribution in [0.25, 0.3) is 10.8 Å². The summed E-state index contributed by atoms with van der Waals surface area (Å²) in [5, 5.41) is 5.38. The summed E-state index contributed by atoms with van der Waals surface area (Å²) >= 11 is 0. The van der Waals surface area contributed by atoms with Crippen molar-refractivity contribution in [2.75, 3.05) is 0 Å². The summed E-state index contributed by atoms with van der Waals surface area (Å²) in [4.78, 5) is 10.5. The SMILES string of the molecule is C[n+]1ccn(COCc2cccc3ccccc23)c1CN=O. The van der Waals surface area contributed by atoms with Gasteiger partial charge in [-0.1, -0.05) is 47.6 Å². The number of nitrogens with zero attached hydrogens (tertiary/aromatic N) is 3. The number of aromatic nitrogens is 2. The van der Waals surface area contributed by atoms with Crippen LogP contribution in [0.4, 0.5) is 0 Å². The molecule has 0 spiro atoms. The van der Waals surface area contributed by atoms with Crippen molar-refractivity contribution in [3.8, 4) is 0 Å². The van der Waals surface area contributed by atoms with Crippen molar-refractivity contribution < 1.29 is 9.30 Å². The molecule has 0 aliphatic rings. The van der Waals surface area contributed by atoms with E-state index in [1.54, 1.807) is 0 Å². The molecule has 0 radical (unpaired) electrons. The largest absolute Gasteiger partial charge is 0.337 e. The second kappa shape index (κ2) is 6.49. The fraction of sp³-hybridized carbons (Fsp3) is 0.235. The summed E-state index contributed by atoms with van der Waals surface area (Å²) in [5.74, 6) is 0.827. The Bertz CT molecular complexity index is 790. The van der Waals surface area contributed by atoms with Crippen LogP contribution in [0, 0.1) is 4.91 Å². The Kier molecular flexibility index (Phi) is 4.25. The highest BCUT2D eigenvalue weighted by Crippen LogP contribution is 2.19. The van der Waals surface area contributed by atoms with Gasteiger partial charge in [0.25, 0.3) is 5.82 Å². The molecule has 5 nitrogen and oxygen atoms in total. The molecule has 0 saturated carbocycles. The van der Waals surface area contributed by atoms with E-state index in [2.05, 4.69) is 29.4 Å². The van der Waals surface area contributed by atoms with E-state index in [4.69, 9.17) is 4.74 Å². The van der Waals surface area contributed by atoms with E-state index in [0.717, 1.165) is 11.4 Å². The van der Waals surface area contributed by atoms with E-state index >= 15 is 0 Å². The van der Waals surface area contributed by atoms with Gasteiger partial charge in [0, 0.05) is 0 Å². The number of rotatable bonds is 6. The lowest BCUT2D eigenvalue weighted by Gasteiger charge is -2.07. The molecule has 0 amide bonds. The number of imidazole rings is 1. The van der Waals surface area contributed by atoms with E-state index in [1.165, 1.54) is 10.8 Å². The van der Waals surface area contributed by atoms with Crippen molar-refractivity contribution >= 4 is 10.8 Å². The van der Waals surface area contributed by atoms with E-state index in [0.29, 0.717) is 13.3 Å². The predicted octanol–water partition coefficient (Wildman–Crippen LogP) is 2.91. The van der Waals surface area contributed by atoms with Gasteiger partial charge in [-0.15, -0.1) is 0 Å². The summed E-state index contributed by atoms with van der Waals surface area (Å²) in [6.45, 7) is 1.06. The minimum atomic E-state index is 0.140. The van der Waals surface area contributed by atoms with E-state index in [1.807, 2.05) is 46.8 Å². The molecule has 5 heteroatoms. The van der Waals surface area contributed by atoms with Crippen LogP contribution in [0.3, 0.4) is 0 Å². The minimum absolute atomic E-state index is 0.140. The highest BCUT2D eigenvalue weighted by molar-refractivity contribution is 5.85. The first-order valence-corrected chi connectivity index (χ1v) is 7.17. The molecular formula is C17H18N3O2+. The van der Waals surface area contributed by atoms with Crippen molar-refractivity contribution in [2.45, 2.75) is 19.9 Å². The van der Waals surface area contributed by atoms with E-state index < -0.39 is 0 Å². The van der Waals surface area contributed by atoms with Gasteiger partial charge in [0.1, 0.15) is 12.4 Å². The van der Waals surface area contributed by atoms with Gasteiger partial charge in [-0.25, -0.2) is 9.13 Å². The summed E-state index contributed by atoms with van der Waals surface area (Å²) < 4.78 is 9.59. The number of hydrogen-bond acceptors (Lipinski definition) is 3. The van der Waals surface area contributed by atoms with E-state index in [-0.39, 0.29) is 6.54 Å². The minimum Gasteiger partial charge on any atom is -0.337 e. The molecule has 0 saturated heterocycles. The molecular weight excluding hydrogens is 278 g/mol. The van der Waals surface area contributed by atoms with Crippen LogP contribution in [0.1, 0.15) is 11.4 Å². The molecule has 0 unspecified atom stereocenters. The number of fused-ring (bicyclic) bond motifs is 1. The molecule has 1 heterocycles. The third kappa shape index (κ3) is 2.89. The van der Waals surface area contributed by atoms with Gasteiger partial charge in [0.05, 0.1) is 13.7 Å². The maximum atomic E-state index is 10.5. The topological polar surface area (TPSA) is 47.5 Å². The lowest BCUT2D eigenvalue weighted by molar-refractivity contribution is -0.679. The van der Waals surface area contributed by atoms with Crippen molar-refractivity contribution in [2.24, 2.45) is 12.2 Å². The summed E-state index contributed by atoms with van der Waals surface area (Å²) in [7, 11) is 1.89. The van der Waals surface area contributed by atoms with Crippen LogP contribution in [0.5, 0.6) is 0 Å². The Labute approximate surface area is 128 Å². The zero-order chi connectivity index (χ0) is 15.4. The maximum Gasteiger partial charge on any atom is 0.283 e. The van der Waals surface area contributed by atoms with Crippen molar-refractivity contribution in [1.29, 1.82) is 0 Å². The van der Waals surface area contributed by atoms with Crippen LogP contribution in [-0.2, 0) is 31.7 Å². The molecule has 1 aromatic heterocycles. The number of benzene rings is 2. The summed E-state index contributed by atoms with van der Waals surface area (Å²) in [6.07, 6.45) is 3.78. The van der Waals surface area contributed by atoms with Crippen molar-refractivity contribution in [3.05, 3.63) is 71.2 Å². The van der Waals surface area contributed by atoms with Crippen LogP contribution in [0.15, 0.2) is 60.0 Å². The highest BCUT2D eigenvalue weighted by atomic mass is 16.5. The zero-order valence-electron chi connectivity index (χ0n) is 12.5. The summed E-state index contributed by atoms with van der Waals surface area (Å²) in [6, 6.07) is 14.5. The highest BCUT2D eigenvalue weighted by Gasteiger charge is 2.14. The summed E-state index contributed by atoms with van der Waals surface area (Å²) in [5.41, 5.74) is 1.16. The number of nitroso groups, excluding NO2 is 1. The molecule has 0 bridgehead atoms. The first kappa shape index (κ1) is 14.4. The molecule has 0 N–H and O–H groups in total. The Balaban J connectivity index is 1.71. The molecule has 0 aliphatic carbocycles. The standard InChI is InChI=1S/C17H18N3O2/c1-19-9-10-20(17(19)11-18-21)13-22-12-15-7-4-6-14-5-2-3-8-16(14)15/h2-10H,11-13H2,1H3/q+1. The van der Waals surface area contributed by atoms with Crippen LogP contribution in [0.2, 0.25) is 0 Å². The van der Waals surface area contributed by atoms with Gasteiger partial charge in [0.2, 0.25) is 0 Å². The predicted molar refractivity (Wildman–Crippen MR) is 83.8 cm³/mol. The molecule has 0 aliphatic heterocycles. The Hall–Kier alpha value is -2.53. The van der Waals surface area contributed by atoms with Gasteiger partial charge < -0.3 is 4.74 Å².